The summed E-state index contributed by atoms with van der Waals surface area (Å²) < 4.78 is 10.5. The summed E-state index contributed by atoms with van der Waals surface area (Å²) in [5.74, 6) is -2.61. The summed E-state index contributed by atoms with van der Waals surface area (Å²) in [6, 6.07) is 0. The van der Waals surface area contributed by atoms with Crippen molar-refractivity contribution in [1.29, 1.82) is 0 Å². The maximum atomic E-state index is 11.4. The third-order valence-electron chi connectivity index (χ3n) is 3.56. The van der Waals surface area contributed by atoms with E-state index in [1.165, 1.54) is 0 Å². The van der Waals surface area contributed by atoms with Crippen molar-refractivity contribution < 1.29 is 24.2 Å². The molecule has 3 fully saturated rings. The summed E-state index contributed by atoms with van der Waals surface area (Å²) in [5.41, 5.74) is -0.606. The van der Waals surface area contributed by atoms with E-state index in [-0.39, 0.29) is 12.7 Å². The summed E-state index contributed by atoms with van der Waals surface area (Å²) in [7, 11) is 0. The van der Waals surface area contributed by atoms with Crippen LogP contribution >= 0.6 is 0 Å². The first-order chi connectivity index (χ1) is 6.64. The number of fused-ring (bicyclic) bond motifs is 1. The van der Waals surface area contributed by atoms with E-state index < -0.39 is 29.4 Å². The van der Waals surface area contributed by atoms with Gasteiger partial charge in [-0.3, -0.25) is 9.59 Å². The number of ether oxygens (including phenoxy) is 2. The minimum absolute atomic E-state index is 0.233. The van der Waals surface area contributed by atoms with Crippen LogP contribution in [0.1, 0.15) is 12.8 Å². The molecule has 0 aromatic heterocycles. The topological polar surface area (TPSA) is 72.8 Å². The van der Waals surface area contributed by atoms with Crippen molar-refractivity contribution in [3.8, 4) is 0 Å². The van der Waals surface area contributed by atoms with E-state index in [2.05, 4.69) is 0 Å². The fraction of sp³-hybridized carbons (Fsp3) is 0.778. The van der Waals surface area contributed by atoms with Crippen LogP contribution in [0.4, 0.5) is 0 Å². The quantitative estimate of drug-likeness (QED) is 0.590. The second-order valence-corrected chi connectivity index (χ2v) is 4.21. The van der Waals surface area contributed by atoms with Gasteiger partial charge in [-0.2, -0.15) is 0 Å². The molecule has 3 saturated heterocycles. The Labute approximate surface area is 80.0 Å². The lowest BCUT2D eigenvalue weighted by Crippen LogP contribution is -2.41. The van der Waals surface area contributed by atoms with E-state index >= 15 is 0 Å². The molecule has 0 amide bonds. The minimum atomic E-state index is -0.944. The highest BCUT2D eigenvalue weighted by Crippen LogP contribution is 2.54. The number of carbonyl (C=O) groups is 2. The van der Waals surface area contributed by atoms with Gasteiger partial charge in [0.25, 0.3) is 0 Å². The molecule has 14 heavy (non-hydrogen) atoms. The maximum absolute atomic E-state index is 11.4. The zero-order valence-electron chi connectivity index (χ0n) is 7.43. The molecular formula is C9H10O5. The number of carboxylic acids is 1. The van der Waals surface area contributed by atoms with Gasteiger partial charge in [0.05, 0.1) is 12.0 Å². The zero-order chi connectivity index (χ0) is 9.92. The van der Waals surface area contributed by atoms with Crippen molar-refractivity contribution in [2.75, 3.05) is 6.61 Å². The molecule has 0 radical (unpaired) electrons. The Kier molecular flexibility index (Phi) is 1.34. The zero-order valence-corrected chi connectivity index (χ0v) is 7.43. The van der Waals surface area contributed by atoms with Crippen molar-refractivity contribution in [3.63, 3.8) is 0 Å². The van der Waals surface area contributed by atoms with E-state index in [1.807, 2.05) is 0 Å². The fourth-order valence-corrected chi connectivity index (χ4v) is 2.97. The largest absolute Gasteiger partial charge is 0.481 e. The molecule has 76 valence electrons. The second-order valence-electron chi connectivity index (χ2n) is 4.21. The van der Waals surface area contributed by atoms with Crippen molar-refractivity contribution in [2.24, 2.45) is 11.8 Å². The molecule has 2 bridgehead atoms. The van der Waals surface area contributed by atoms with E-state index in [4.69, 9.17) is 14.6 Å². The number of esters is 1. The molecule has 5 heteroatoms. The molecule has 3 aliphatic rings. The molecule has 0 saturated carbocycles. The number of carbonyl (C=O) groups excluding carboxylic acids is 1. The van der Waals surface area contributed by atoms with Crippen LogP contribution < -0.4 is 0 Å². The monoisotopic (exact) mass is 198 g/mol. The molecule has 1 N–H and O–H groups in total. The van der Waals surface area contributed by atoms with Crippen LogP contribution in [0, 0.1) is 11.8 Å². The van der Waals surface area contributed by atoms with Crippen molar-refractivity contribution in [2.45, 2.75) is 24.5 Å². The molecular weight excluding hydrogens is 188 g/mol. The van der Waals surface area contributed by atoms with Gasteiger partial charge in [-0.05, 0) is 12.8 Å². The van der Waals surface area contributed by atoms with E-state index in [0.717, 1.165) is 12.8 Å². The van der Waals surface area contributed by atoms with Gasteiger partial charge in [-0.25, -0.2) is 0 Å². The van der Waals surface area contributed by atoms with E-state index in [9.17, 15) is 9.59 Å². The molecule has 4 unspecified atom stereocenters. The minimum Gasteiger partial charge on any atom is -0.481 e. The molecule has 3 heterocycles. The number of hydrogen-bond donors (Lipinski definition) is 1. The first kappa shape index (κ1) is 8.23. The van der Waals surface area contributed by atoms with E-state index in [1.54, 1.807) is 0 Å². The maximum Gasteiger partial charge on any atom is 0.313 e. The predicted molar refractivity (Wildman–Crippen MR) is 42.4 cm³/mol. The molecule has 4 atom stereocenters. The molecule has 5 nitrogen and oxygen atoms in total. The van der Waals surface area contributed by atoms with Crippen molar-refractivity contribution >= 4 is 11.9 Å². The standard InChI is InChI=1S/C9H10O5/c10-7(11)5-4-1-2-9(14-4)3-13-8(12)6(5)9/h4-6H,1-3H2,(H,10,11). The van der Waals surface area contributed by atoms with E-state index in [0.29, 0.717) is 0 Å². The van der Waals surface area contributed by atoms with Crippen LogP contribution in [0.25, 0.3) is 0 Å². The fourth-order valence-electron chi connectivity index (χ4n) is 2.97. The Bertz CT molecular complexity index is 325. The van der Waals surface area contributed by atoms with Gasteiger partial charge in [-0.15, -0.1) is 0 Å². The summed E-state index contributed by atoms with van der Waals surface area (Å²) in [4.78, 5) is 22.4. The number of hydrogen-bond acceptors (Lipinski definition) is 4. The lowest BCUT2D eigenvalue weighted by Gasteiger charge is -2.23. The van der Waals surface area contributed by atoms with Crippen LogP contribution in [0.2, 0.25) is 0 Å². The van der Waals surface area contributed by atoms with Crippen LogP contribution in [0.15, 0.2) is 0 Å². The highest BCUT2D eigenvalue weighted by atomic mass is 16.6. The molecule has 1 spiro atoms. The SMILES string of the molecule is O=C(O)C1C2CCC3(COC(=O)C13)O2. The molecule has 0 aromatic carbocycles. The number of cyclic esters (lactones) is 1. The van der Waals surface area contributed by atoms with Gasteiger partial charge in [0.15, 0.2) is 0 Å². The summed E-state index contributed by atoms with van der Waals surface area (Å²) in [6.45, 7) is 0.233. The van der Waals surface area contributed by atoms with Crippen molar-refractivity contribution in [3.05, 3.63) is 0 Å². The third-order valence-corrected chi connectivity index (χ3v) is 3.56. The second kappa shape index (κ2) is 2.28. The smallest absolute Gasteiger partial charge is 0.313 e. The Morgan fingerprint density at radius 2 is 2.36 bits per heavy atom. The highest BCUT2D eigenvalue weighted by Gasteiger charge is 2.68. The van der Waals surface area contributed by atoms with Crippen LogP contribution in [-0.2, 0) is 19.1 Å². The summed E-state index contributed by atoms with van der Waals surface area (Å²) >= 11 is 0. The van der Waals surface area contributed by atoms with Crippen LogP contribution in [0.5, 0.6) is 0 Å². The van der Waals surface area contributed by atoms with Gasteiger partial charge in [0, 0.05) is 0 Å². The lowest BCUT2D eigenvalue weighted by molar-refractivity contribution is -0.153. The average molecular weight is 198 g/mol. The highest BCUT2D eigenvalue weighted by molar-refractivity contribution is 5.85. The number of carboxylic acid groups (broad SMARTS) is 1. The Morgan fingerprint density at radius 3 is 3.07 bits per heavy atom. The van der Waals surface area contributed by atoms with Crippen LogP contribution in [-0.4, -0.2) is 35.4 Å². The average Bonchev–Trinajstić information content (AvgIpc) is 2.75. The first-order valence-corrected chi connectivity index (χ1v) is 4.71. The normalized spacial score (nSPS) is 49.1. The van der Waals surface area contributed by atoms with Gasteiger partial charge < -0.3 is 14.6 Å². The Hall–Kier alpha value is -1.10. The molecule has 0 aromatic rings. The lowest BCUT2D eigenvalue weighted by atomic mass is 9.73. The Morgan fingerprint density at radius 1 is 1.57 bits per heavy atom. The third kappa shape index (κ3) is 0.744. The summed E-state index contributed by atoms with van der Waals surface area (Å²) in [6.07, 6.45) is 1.19. The van der Waals surface area contributed by atoms with Gasteiger partial charge in [0.2, 0.25) is 0 Å². The number of aliphatic carboxylic acids is 1. The molecule has 0 aliphatic carbocycles. The summed E-state index contributed by atoms with van der Waals surface area (Å²) in [5, 5.41) is 9.01. The Balaban J connectivity index is 2.03. The predicted octanol–water partition coefficient (Wildman–Crippen LogP) is -0.208. The van der Waals surface area contributed by atoms with Crippen molar-refractivity contribution in [1.82, 2.24) is 0 Å². The van der Waals surface area contributed by atoms with Gasteiger partial charge >= 0.3 is 11.9 Å². The van der Waals surface area contributed by atoms with Crippen LogP contribution in [0.3, 0.4) is 0 Å². The van der Waals surface area contributed by atoms with Gasteiger partial charge in [0.1, 0.15) is 18.1 Å². The molecule has 3 rings (SSSR count). The van der Waals surface area contributed by atoms with Gasteiger partial charge in [-0.1, -0.05) is 0 Å². The number of rotatable bonds is 1. The first-order valence-electron chi connectivity index (χ1n) is 4.71. The molecule has 3 aliphatic heterocycles.